The molecule has 2 unspecified atom stereocenters. The van der Waals surface area contributed by atoms with E-state index in [0.29, 0.717) is 36.2 Å². The van der Waals surface area contributed by atoms with Crippen LogP contribution in [0.2, 0.25) is 0 Å². The summed E-state index contributed by atoms with van der Waals surface area (Å²) in [6, 6.07) is -0.510. The van der Waals surface area contributed by atoms with E-state index in [9.17, 15) is 10.0 Å². The molecule has 31 heavy (non-hydrogen) atoms. The molecular weight excluding hydrogens is 386 g/mol. The van der Waals surface area contributed by atoms with E-state index in [1.165, 1.54) is 38.5 Å². The van der Waals surface area contributed by atoms with Crippen LogP contribution in [-0.4, -0.2) is 29.0 Å². The van der Waals surface area contributed by atoms with Gasteiger partial charge in [0.25, 0.3) is 0 Å². The molecule has 0 aliphatic heterocycles. The number of hydrogen-bond donors (Lipinski definition) is 2. The second-order valence-electron chi connectivity index (χ2n) is 11.0. The Morgan fingerprint density at radius 3 is 2.65 bits per heavy atom. The lowest BCUT2D eigenvalue weighted by atomic mass is 9.60. The molecule has 3 fully saturated rings. The highest BCUT2D eigenvalue weighted by Gasteiger charge is 2.50. The molecule has 3 saturated carbocycles. The van der Waals surface area contributed by atoms with Gasteiger partial charge in [-0.15, -0.1) is 0 Å². The quantitative estimate of drug-likeness (QED) is 0.367. The second-order valence-corrected chi connectivity index (χ2v) is 11.0. The fraction of sp³-hybridized carbons (Fsp3) is 0.778. The molecule has 0 amide bonds. The maximum Gasteiger partial charge on any atom is 0.119 e. The van der Waals surface area contributed by atoms with Crippen molar-refractivity contribution >= 4 is 0 Å². The van der Waals surface area contributed by atoms with Crippen molar-refractivity contribution in [1.29, 1.82) is 0 Å². The van der Waals surface area contributed by atoms with Crippen LogP contribution in [0.25, 0.3) is 0 Å². The van der Waals surface area contributed by atoms with Crippen molar-refractivity contribution in [3.63, 3.8) is 0 Å². The smallest absolute Gasteiger partial charge is 0.119 e. The fourth-order valence-corrected chi connectivity index (χ4v) is 7.12. The van der Waals surface area contributed by atoms with Crippen LogP contribution >= 0.6 is 0 Å². The molecule has 0 saturated heterocycles. The van der Waals surface area contributed by atoms with E-state index in [-0.39, 0.29) is 6.61 Å². The first-order valence-electron chi connectivity index (χ1n) is 12.5. The first-order valence-corrected chi connectivity index (χ1v) is 12.5. The molecule has 4 nitrogen and oxygen atoms in total. The lowest BCUT2D eigenvalue weighted by Crippen LogP contribution is -2.36. The molecule has 0 aromatic carbocycles. The number of aliphatic hydroxyl groups excluding tert-OH is 2. The van der Waals surface area contributed by atoms with Crippen LogP contribution < -0.4 is 0 Å². The van der Waals surface area contributed by atoms with E-state index < -0.39 is 12.1 Å². The molecule has 3 rings (SSSR count). The van der Waals surface area contributed by atoms with Gasteiger partial charge in [-0.05, 0) is 92.4 Å². The van der Waals surface area contributed by atoms with E-state index >= 15 is 0 Å². The van der Waals surface area contributed by atoms with Gasteiger partial charge in [0.2, 0.25) is 0 Å². The maximum absolute atomic E-state index is 11.4. The van der Waals surface area contributed by atoms with Gasteiger partial charge in [0, 0.05) is 6.61 Å². The summed E-state index contributed by atoms with van der Waals surface area (Å²) >= 11 is 0. The molecule has 0 spiro atoms. The Balaban J connectivity index is 1.75. The van der Waals surface area contributed by atoms with E-state index in [1.54, 1.807) is 11.6 Å². The lowest BCUT2D eigenvalue weighted by Gasteiger charge is -2.44. The molecule has 6 atom stereocenters. The molecule has 0 bridgehead atoms. The highest BCUT2D eigenvalue weighted by molar-refractivity contribution is 5.32. The Hall–Kier alpha value is -1.26. The summed E-state index contributed by atoms with van der Waals surface area (Å²) in [6.07, 6.45) is 15.0. The highest BCUT2D eigenvalue weighted by Crippen LogP contribution is 2.60. The van der Waals surface area contributed by atoms with Crippen molar-refractivity contribution in [3.05, 3.63) is 39.9 Å². The first-order chi connectivity index (χ1) is 14.8. The number of nitrogens with zero attached hydrogens (tertiary/aromatic N) is 1. The molecule has 174 valence electrons. The third-order valence-corrected chi connectivity index (χ3v) is 8.42. The van der Waals surface area contributed by atoms with Gasteiger partial charge in [-0.25, -0.2) is 0 Å². The van der Waals surface area contributed by atoms with Crippen LogP contribution in [0.3, 0.4) is 0 Å². The van der Waals surface area contributed by atoms with Crippen LogP contribution in [0.5, 0.6) is 0 Å². The number of allylic oxidation sites excluding steroid dienone is 3. The zero-order valence-corrected chi connectivity index (χ0v) is 20.0. The highest BCUT2D eigenvalue weighted by atomic mass is 16.3. The summed E-state index contributed by atoms with van der Waals surface area (Å²) in [5, 5.41) is 22.9. The van der Waals surface area contributed by atoms with E-state index in [1.807, 2.05) is 0 Å². The zero-order valence-electron chi connectivity index (χ0n) is 20.0. The van der Waals surface area contributed by atoms with Gasteiger partial charge in [-0.3, -0.25) is 0 Å². The van der Waals surface area contributed by atoms with Crippen molar-refractivity contribution in [1.82, 2.24) is 0 Å². The average Bonchev–Trinajstić information content (AvgIpc) is 3.08. The lowest BCUT2D eigenvalue weighted by molar-refractivity contribution is 0.0893. The van der Waals surface area contributed by atoms with Crippen molar-refractivity contribution in [2.75, 3.05) is 6.61 Å². The predicted octanol–water partition coefficient (Wildman–Crippen LogP) is 6.34. The Kier molecular flexibility index (Phi) is 8.31. The minimum absolute atomic E-state index is 0.0214. The summed E-state index contributed by atoms with van der Waals surface area (Å²) in [5.41, 5.74) is 3.78. The molecule has 3 aliphatic carbocycles. The van der Waals surface area contributed by atoms with E-state index in [2.05, 4.69) is 45.0 Å². The normalized spacial score (nSPS) is 38.7. The molecule has 3 aliphatic rings. The SMILES string of the molecule is CC(C)C[C@H](C)C1CCC2/C(=C/C=C3\C[C@@H](O)/C(=C/CCO)[C@H](N=O)C3)CCC[C@@]21C. The van der Waals surface area contributed by atoms with Gasteiger partial charge in [-0.2, -0.15) is 4.91 Å². The molecule has 4 heteroatoms. The molecule has 2 N–H and O–H groups in total. The van der Waals surface area contributed by atoms with Gasteiger partial charge < -0.3 is 10.2 Å². The number of fused-ring (bicyclic) bond motifs is 1. The Morgan fingerprint density at radius 2 is 1.97 bits per heavy atom. The molecular formula is C27H43NO3. The summed E-state index contributed by atoms with van der Waals surface area (Å²) in [7, 11) is 0. The summed E-state index contributed by atoms with van der Waals surface area (Å²) < 4.78 is 0. The maximum atomic E-state index is 11.4. The topological polar surface area (TPSA) is 69.9 Å². The van der Waals surface area contributed by atoms with Crippen molar-refractivity contribution < 1.29 is 10.2 Å². The van der Waals surface area contributed by atoms with Crippen LogP contribution in [0.15, 0.2) is 40.1 Å². The first kappa shape index (κ1) is 24.4. The van der Waals surface area contributed by atoms with Gasteiger partial charge >= 0.3 is 0 Å². The summed E-state index contributed by atoms with van der Waals surface area (Å²) in [5.74, 6) is 3.03. The molecule has 0 aromatic heterocycles. The van der Waals surface area contributed by atoms with Gasteiger partial charge in [-0.1, -0.05) is 62.2 Å². The van der Waals surface area contributed by atoms with Crippen molar-refractivity contribution in [3.8, 4) is 0 Å². The van der Waals surface area contributed by atoms with Gasteiger partial charge in [0.05, 0.1) is 6.10 Å². The Bertz CT molecular complexity index is 722. The second kappa shape index (κ2) is 10.6. The van der Waals surface area contributed by atoms with Crippen LogP contribution in [0.4, 0.5) is 0 Å². The molecule has 0 heterocycles. The van der Waals surface area contributed by atoms with E-state index in [4.69, 9.17) is 5.11 Å². The van der Waals surface area contributed by atoms with Crippen LogP contribution in [0.1, 0.15) is 85.5 Å². The third kappa shape index (κ3) is 5.39. The van der Waals surface area contributed by atoms with Crippen LogP contribution in [-0.2, 0) is 0 Å². The van der Waals surface area contributed by atoms with Crippen molar-refractivity contribution in [2.45, 2.75) is 97.6 Å². The minimum Gasteiger partial charge on any atom is -0.396 e. The van der Waals surface area contributed by atoms with Crippen molar-refractivity contribution in [2.24, 2.45) is 34.3 Å². The minimum atomic E-state index is -0.669. The fourth-order valence-electron chi connectivity index (χ4n) is 7.12. The van der Waals surface area contributed by atoms with Gasteiger partial charge in [0.15, 0.2) is 0 Å². The number of rotatable bonds is 7. The predicted molar refractivity (Wildman–Crippen MR) is 128 cm³/mol. The Morgan fingerprint density at radius 1 is 1.19 bits per heavy atom. The monoisotopic (exact) mass is 429 g/mol. The zero-order chi connectivity index (χ0) is 22.6. The van der Waals surface area contributed by atoms with Gasteiger partial charge in [0.1, 0.15) is 6.04 Å². The summed E-state index contributed by atoms with van der Waals surface area (Å²) in [4.78, 5) is 11.4. The molecule has 0 radical (unpaired) electrons. The average molecular weight is 430 g/mol. The number of nitroso groups, excluding NO2 is 1. The number of aliphatic hydroxyl groups is 2. The summed E-state index contributed by atoms with van der Waals surface area (Å²) in [6.45, 7) is 9.72. The molecule has 0 aromatic rings. The third-order valence-electron chi connectivity index (χ3n) is 8.42. The van der Waals surface area contributed by atoms with Crippen LogP contribution in [0, 0.1) is 34.0 Å². The largest absolute Gasteiger partial charge is 0.396 e. The standard InChI is InChI=1S/C27H43NO3/c1-18(2)15-19(3)23-11-12-24-21(7-5-13-27(23,24)4)10-9-20-16-25(28-31)22(8-6-14-29)26(30)17-20/h8-10,18-19,23-26,29-30H,5-7,11-17H2,1-4H3/b20-9-,21-10+,22-8+/t19-,23?,24?,25+,26+,27+/m0/s1. The number of hydrogen-bond acceptors (Lipinski definition) is 4. The van der Waals surface area contributed by atoms with E-state index in [0.717, 1.165) is 23.3 Å². The Labute approximate surface area is 188 Å².